The summed E-state index contributed by atoms with van der Waals surface area (Å²) in [5.74, 6) is 0.711. The molecule has 1 aliphatic rings. The molecule has 1 fully saturated rings. The van der Waals surface area contributed by atoms with Gasteiger partial charge in [0.2, 0.25) is 0 Å². The molecule has 0 heterocycles. The highest BCUT2D eigenvalue weighted by Crippen LogP contribution is 2.38. The zero-order chi connectivity index (χ0) is 9.90. The zero-order valence-electron chi connectivity index (χ0n) is 9.09. The van der Waals surface area contributed by atoms with Gasteiger partial charge in [0.15, 0.2) is 0 Å². The molecule has 0 aromatic carbocycles. The normalized spacial score (nSPS) is 26.5. The van der Waals surface area contributed by atoms with Crippen molar-refractivity contribution in [1.82, 2.24) is 0 Å². The van der Waals surface area contributed by atoms with Crippen molar-refractivity contribution in [2.75, 3.05) is 0 Å². The van der Waals surface area contributed by atoms with Gasteiger partial charge in [0.1, 0.15) is 0 Å². The van der Waals surface area contributed by atoms with Crippen molar-refractivity contribution >= 4 is 0 Å². The molecule has 0 spiro atoms. The Morgan fingerprint density at radius 2 is 1.85 bits per heavy atom. The van der Waals surface area contributed by atoms with Crippen LogP contribution in [0.1, 0.15) is 46.5 Å². The second kappa shape index (κ2) is 4.28. The fourth-order valence-electron chi connectivity index (χ4n) is 1.93. The fraction of sp³-hybridized carbons (Fsp3) is 0.833. The Morgan fingerprint density at radius 3 is 2.31 bits per heavy atom. The molecule has 1 nitrogen and oxygen atoms in total. The molecule has 1 atom stereocenters. The third-order valence-corrected chi connectivity index (χ3v) is 3.05. The van der Waals surface area contributed by atoms with Gasteiger partial charge in [-0.2, -0.15) is 0 Å². The molecule has 1 aliphatic carbocycles. The van der Waals surface area contributed by atoms with E-state index >= 15 is 0 Å². The Bertz CT molecular complexity index is 170. The lowest BCUT2D eigenvalue weighted by Gasteiger charge is -2.33. The Morgan fingerprint density at radius 1 is 1.31 bits per heavy atom. The summed E-state index contributed by atoms with van der Waals surface area (Å²) in [4.78, 5) is 0. The van der Waals surface area contributed by atoms with Crippen LogP contribution < -0.4 is 0 Å². The van der Waals surface area contributed by atoms with Gasteiger partial charge >= 0.3 is 0 Å². The van der Waals surface area contributed by atoms with E-state index in [1.165, 1.54) is 25.7 Å². The van der Waals surface area contributed by atoms with Gasteiger partial charge in [0.25, 0.3) is 0 Å². The van der Waals surface area contributed by atoms with E-state index in [1.54, 1.807) is 0 Å². The van der Waals surface area contributed by atoms with Crippen LogP contribution in [-0.4, -0.2) is 11.2 Å². The van der Waals surface area contributed by atoms with Gasteiger partial charge in [0, 0.05) is 0 Å². The molecule has 0 aromatic heterocycles. The molecule has 0 amide bonds. The van der Waals surface area contributed by atoms with Crippen LogP contribution >= 0.6 is 0 Å². The minimum absolute atomic E-state index is 0.282. The second-order valence-corrected chi connectivity index (χ2v) is 5.13. The maximum atomic E-state index is 9.10. The zero-order valence-corrected chi connectivity index (χ0v) is 9.09. The van der Waals surface area contributed by atoms with Crippen LogP contribution in [0.25, 0.3) is 0 Å². The fourth-order valence-corrected chi connectivity index (χ4v) is 1.93. The van der Waals surface area contributed by atoms with E-state index in [2.05, 4.69) is 19.9 Å². The van der Waals surface area contributed by atoms with Crippen molar-refractivity contribution in [3.05, 3.63) is 12.2 Å². The van der Waals surface area contributed by atoms with Gasteiger partial charge < -0.3 is 5.11 Å². The lowest BCUT2D eigenvalue weighted by molar-refractivity contribution is 0.210. The molecule has 1 N–H and O–H groups in total. The number of allylic oxidation sites excluding steroid dienone is 1. The summed E-state index contributed by atoms with van der Waals surface area (Å²) >= 11 is 0. The molecule has 0 aliphatic heterocycles. The average molecular weight is 182 g/mol. The van der Waals surface area contributed by atoms with Crippen LogP contribution in [0.2, 0.25) is 0 Å². The summed E-state index contributed by atoms with van der Waals surface area (Å²) in [5, 5.41) is 9.10. The SMILES string of the molecule is CC(O)/C=C/C1CCC(C)(C)CC1. The highest BCUT2D eigenvalue weighted by atomic mass is 16.3. The number of hydrogen-bond donors (Lipinski definition) is 1. The predicted octanol–water partition coefficient (Wildman–Crippen LogP) is 3.14. The van der Waals surface area contributed by atoms with Gasteiger partial charge in [-0.1, -0.05) is 26.0 Å². The first kappa shape index (κ1) is 10.8. The summed E-state index contributed by atoms with van der Waals surface area (Å²) in [6.07, 6.45) is 9.05. The molecular weight excluding hydrogens is 160 g/mol. The molecule has 1 heteroatoms. The Balaban J connectivity index is 2.33. The first-order valence-electron chi connectivity index (χ1n) is 5.36. The van der Waals surface area contributed by atoms with E-state index in [9.17, 15) is 0 Å². The number of aliphatic hydroxyl groups is 1. The first-order valence-corrected chi connectivity index (χ1v) is 5.36. The topological polar surface area (TPSA) is 20.2 Å². The van der Waals surface area contributed by atoms with Gasteiger partial charge in [0.05, 0.1) is 6.10 Å². The molecule has 0 aromatic rings. The summed E-state index contributed by atoms with van der Waals surface area (Å²) in [7, 11) is 0. The molecule has 1 saturated carbocycles. The van der Waals surface area contributed by atoms with Crippen molar-refractivity contribution in [1.29, 1.82) is 0 Å². The molecule has 0 bridgehead atoms. The van der Waals surface area contributed by atoms with Crippen molar-refractivity contribution in [3.63, 3.8) is 0 Å². The van der Waals surface area contributed by atoms with Crippen molar-refractivity contribution < 1.29 is 5.11 Å². The van der Waals surface area contributed by atoms with Crippen LogP contribution in [0.3, 0.4) is 0 Å². The first-order chi connectivity index (χ1) is 5.99. The maximum Gasteiger partial charge on any atom is 0.0692 e. The summed E-state index contributed by atoms with van der Waals surface area (Å²) in [5.41, 5.74) is 0.551. The standard InChI is InChI=1S/C12H22O/c1-10(13)4-5-11-6-8-12(2,3)9-7-11/h4-5,10-11,13H,6-9H2,1-3H3/b5-4+. The van der Waals surface area contributed by atoms with Crippen molar-refractivity contribution in [2.45, 2.75) is 52.6 Å². The van der Waals surface area contributed by atoms with Gasteiger partial charge in [-0.3, -0.25) is 0 Å². The van der Waals surface area contributed by atoms with Crippen molar-refractivity contribution in [3.8, 4) is 0 Å². The average Bonchev–Trinajstić information content (AvgIpc) is 2.02. The lowest BCUT2D eigenvalue weighted by atomic mass is 9.73. The molecule has 1 unspecified atom stereocenters. The maximum absolute atomic E-state index is 9.10. The number of hydrogen-bond acceptors (Lipinski definition) is 1. The van der Waals surface area contributed by atoms with Crippen LogP contribution in [-0.2, 0) is 0 Å². The molecule has 76 valence electrons. The van der Waals surface area contributed by atoms with Crippen LogP contribution in [0.15, 0.2) is 12.2 Å². The number of aliphatic hydroxyl groups excluding tert-OH is 1. The van der Waals surface area contributed by atoms with Crippen LogP contribution in [0.4, 0.5) is 0 Å². The molecule has 0 radical (unpaired) electrons. The van der Waals surface area contributed by atoms with Gasteiger partial charge in [-0.05, 0) is 43.9 Å². The van der Waals surface area contributed by atoms with E-state index < -0.39 is 0 Å². The predicted molar refractivity (Wildman–Crippen MR) is 56.6 cm³/mol. The molecular formula is C12H22O. The highest BCUT2D eigenvalue weighted by Gasteiger charge is 2.25. The molecule has 13 heavy (non-hydrogen) atoms. The number of rotatable bonds is 2. The van der Waals surface area contributed by atoms with Crippen molar-refractivity contribution in [2.24, 2.45) is 11.3 Å². The Kier molecular flexibility index (Phi) is 3.55. The van der Waals surface area contributed by atoms with E-state index in [-0.39, 0.29) is 6.10 Å². The third kappa shape index (κ3) is 3.95. The van der Waals surface area contributed by atoms with E-state index in [1.807, 2.05) is 13.0 Å². The van der Waals surface area contributed by atoms with Crippen LogP contribution in [0.5, 0.6) is 0 Å². The highest BCUT2D eigenvalue weighted by molar-refractivity contribution is 4.94. The van der Waals surface area contributed by atoms with E-state index in [0.29, 0.717) is 11.3 Å². The van der Waals surface area contributed by atoms with E-state index in [4.69, 9.17) is 5.11 Å². The summed E-state index contributed by atoms with van der Waals surface area (Å²) in [6.45, 7) is 6.51. The van der Waals surface area contributed by atoms with Gasteiger partial charge in [-0.15, -0.1) is 0 Å². The lowest BCUT2D eigenvalue weighted by Crippen LogP contribution is -2.20. The van der Waals surface area contributed by atoms with Crippen LogP contribution in [0, 0.1) is 11.3 Å². The van der Waals surface area contributed by atoms with E-state index in [0.717, 1.165) is 0 Å². The largest absolute Gasteiger partial charge is 0.389 e. The minimum Gasteiger partial charge on any atom is -0.389 e. The minimum atomic E-state index is -0.282. The second-order valence-electron chi connectivity index (χ2n) is 5.13. The quantitative estimate of drug-likeness (QED) is 0.650. The Hall–Kier alpha value is -0.300. The third-order valence-electron chi connectivity index (χ3n) is 3.05. The summed E-state index contributed by atoms with van der Waals surface area (Å²) in [6, 6.07) is 0. The molecule has 1 rings (SSSR count). The smallest absolute Gasteiger partial charge is 0.0692 e. The Labute approximate surface area is 81.9 Å². The summed E-state index contributed by atoms with van der Waals surface area (Å²) < 4.78 is 0. The van der Waals surface area contributed by atoms with Gasteiger partial charge in [-0.25, -0.2) is 0 Å². The molecule has 0 saturated heterocycles. The monoisotopic (exact) mass is 182 g/mol.